The van der Waals surface area contributed by atoms with Gasteiger partial charge in [-0.2, -0.15) is 13.2 Å². The molecule has 0 bridgehead atoms. The maximum absolute atomic E-state index is 13.3. The molecule has 1 saturated heterocycles. The van der Waals surface area contributed by atoms with Gasteiger partial charge in [-0.3, -0.25) is 24.6 Å². The van der Waals surface area contributed by atoms with Crippen LogP contribution in [-0.4, -0.2) is 28.1 Å². The minimum absolute atomic E-state index is 0.0448. The second kappa shape index (κ2) is 10.9. The third kappa shape index (κ3) is 6.15. The number of amides is 2. The van der Waals surface area contributed by atoms with Crippen LogP contribution in [0.3, 0.4) is 0 Å². The number of alkyl halides is 3. The molecule has 3 aromatic rings. The van der Waals surface area contributed by atoms with Crippen molar-refractivity contribution in [1.29, 1.82) is 0 Å². The second-order valence-corrected chi connectivity index (χ2v) is 9.35. The van der Waals surface area contributed by atoms with Crippen LogP contribution in [0, 0.1) is 15.9 Å². The van der Waals surface area contributed by atoms with Gasteiger partial charge in [-0.25, -0.2) is 4.39 Å². The average molecular weight is 583 g/mol. The minimum Gasteiger partial charge on any atom is -0.493 e. The number of rotatable bonds is 7. The van der Waals surface area contributed by atoms with E-state index < -0.39 is 45.1 Å². The van der Waals surface area contributed by atoms with E-state index in [-0.39, 0.29) is 28.0 Å². The molecule has 0 radical (unpaired) electrons. The summed E-state index contributed by atoms with van der Waals surface area (Å²) in [6, 6.07) is 9.66. The van der Waals surface area contributed by atoms with Crippen LogP contribution in [0.4, 0.5) is 28.0 Å². The highest BCUT2D eigenvalue weighted by molar-refractivity contribution is 8.18. The number of methoxy groups -OCH3 is 1. The van der Waals surface area contributed by atoms with Crippen LogP contribution in [-0.2, 0) is 17.5 Å². The van der Waals surface area contributed by atoms with Gasteiger partial charge in [0.15, 0.2) is 11.5 Å². The number of carbonyl (C=O) groups is 2. The van der Waals surface area contributed by atoms with Crippen LogP contribution < -0.4 is 9.47 Å². The Kier molecular flexibility index (Phi) is 7.84. The smallest absolute Gasteiger partial charge is 0.416 e. The lowest BCUT2D eigenvalue weighted by Gasteiger charge is -2.14. The van der Waals surface area contributed by atoms with Crippen LogP contribution in [0.1, 0.15) is 16.7 Å². The molecule has 0 aliphatic carbocycles. The number of benzene rings is 3. The standard InChI is InChI=1S/C25H15ClF4N2O6S/c1-37-21-8-13(2-6-20(21)38-19-7-4-15(25(28,29)30)10-18(19)32(35)36)9-22-23(33)31(24(34)39-22)12-14-3-5-16(27)11-17(14)26/h2-11H,12H2,1H3/b22-9-. The molecule has 8 nitrogen and oxygen atoms in total. The van der Waals surface area contributed by atoms with Gasteiger partial charge in [-0.1, -0.05) is 23.7 Å². The molecule has 0 aromatic heterocycles. The van der Waals surface area contributed by atoms with E-state index in [0.717, 1.165) is 23.1 Å². The van der Waals surface area contributed by atoms with Crippen LogP contribution >= 0.6 is 23.4 Å². The van der Waals surface area contributed by atoms with E-state index in [2.05, 4.69) is 0 Å². The van der Waals surface area contributed by atoms with Crippen LogP contribution in [0.25, 0.3) is 6.08 Å². The normalized spacial score (nSPS) is 14.7. The number of nitro groups is 1. The van der Waals surface area contributed by atoms with Gasteiger partial charge in [0, 0.05) is 11.1 Å². The lowest BCUT2D eigenvalue weighted by molar-refractivity contribution is -0.385. The highest BCUT2D eigenvalue weighted by atomic mass is 35.5. The number of imide groups is 1. The van der Waals surface area contributed by atoms with Crippen molar-refractivity contribution in [2.75, 3.05) is 7.11 Å². The number of ether oxygens (including phenoxy) is 2. The summed E-state index contributed by atoms with van der Waals surface area (Å²) in [7, 11) is 1.27. The van der Waals surface area contributed by atoms with Gasteiger partial charge in [0.2, 0.25) is 5.75 Å². The number of nitrogens with zero attached hydrogens (tertiary/aromatic N) is 2. The molecule has 202 valence electrons. The van der Waals surface area contributed by atoms with Crippen molar-refractivity contribution in [2.24, 2.45) is 0 Å². The number of hydrogen-bond donors (Lipinski definition) is 0. The Balaban J connectivity index is 1.58. The third-order valence-electron chi connectivity index (χ3n) is 5.41. The average Bonchev–Trinajstić information content (AvgIpc) is 3.13. The zero-order valence-corrected chi connectivity index (χ0v) is 21.2. The van der Waals surface area contributed by atoms with Crippen molar-refractivity contribution in [3.8, 4) is 17.2 Å². The van der Waals surface area contributed by atoms with Gasteiger partial charge in [-0.05, 0) is 65.4 Å². The molecule has 1 aliphatic heterocycles. The van der Waals surface area contributed by atoms with Crippen molar-refractivity contribution in [2.45, 2.75) is 12.7 Å². The Morgan fingerprint density at radius 2 is 1.77 bits per heavy atom. The highest BCUT2D eigenvalue weighted by Gasteiger charge is 2.36. The molecule has 1 aliphatic rings. The van der Waals surface area contributed by atoms with Gasteiger partial charge in [0.25, 0.3) is 11.1 Å². The number of hydrogen-bond acceptors (Lipinski definition) is 7. The lowest BCUT2D eigenvalue weighted by atomic mass is 10.1. The van der Waals surface area contributed by atoms with E-state index in [1.165, 1.54) is 37.5 Å². The molecular formula is C25H15ClF4N2O6S. The zero-order valence-electron chi connectivity index (χ0n) is 19.6. The van der Waals surface area contributed by atoms with Crippen molar-refractivity contribution < 1.29 is 41.5 Å². The molecule has 39 heavy (non-hydrogen) atoms. The van der Waals surface area contributed by atoms with Gasteiger partial charge >= 0.3 is 11.9 Å². The summed E-state index contributed by atoms with van der Waals surface area (Å²) in [5.41, 5.74) is -1.33. The van der Waals surface area contributed by atoms with Gasteiger partial charge in [0.05, 0.1) is 29.0 Å². The summed E-state index contributed by atoms with van der Waals surface area (Å²) in [4.78, 5) is 36.7. The van der Waals surface area contributed by atoms with E-state index in [4.69, 9.17) is 21.1 Å². The summed E-state index contributed by atoms with van der Waals surface area (Å²) < 4.78 is 63.0. The van der Waals surface area contributed by atoms with E-state index in [9.17, 15) is 37.3 Å². The van der Waals surface area contributed by atoms with Crippen molar-refractivity contribution in [1.82, 2.24) is 4.90 Å². The molecule has 0 saturated carbocycles. The molecule has 0 atom stereocenters. The first-order valence-corrected chi connectivity index (χ1v) is 12.0. The molecule has 4 rings (SSSR count). The van der Waals surface area contributed by atoms with Gasteiger partial charge in [-0.15, -0.1) is 0 Å². The molecule has 1 heterocycles. The van der Waals surface area contributed by atoms with Crippen molar-refractivity contribution in [3.63, 3.8) is 0 Å². The van der Waals surface area contributed by atoms with E-state index >= 15 is 0 Å². The first-order chi connectivity index (χ1) is 18.4. The summed E-state index contributed by atoms with van der Waals surface area (Å²) in [5, 5.41) is 10.9. The summed E-state index contributed by atoms with van der Waals surface area (Å²) in [5.74, 6) is -1.61. The second-order valence-electron chi connectivity index (χ2n) is 7.95. The maximum atomic E-state index is 13.3. The minimum atomic E-state index is -4.78. The molecule has 3 aromatic carbocycles. The van der Waals surface area contributed by atoms with Crippen LogP contribution in [0.15, 0.2) is 59.5 Å². The number of nitro benzene ring substituents is 1. The summed E-state index contributed by atoms with van der Waals surface area (Å²) in [6.07, 6.45) is -3.38. The van der Waals surface area contributed by atoms with Gasteiger partial charge in [0.1, 0.15) is 5.82 Å². The molecule has 0 unspecified atom stereocenters. The zero-order chi connectivity index (χ0) is 28.5. The molecule has 2 amide bonds. The first kappa shape index (κ1) is 27.9. The predicted molar refractivity (Wildman–Crippen MR) is 134 cm³/mol. The van der Waals surface area contributed by atoms with Crippen molar-refractivity contribution in [3.05, 3.63) is 97.1 Å². The van der Waals surface area contributed by atoms with Crippen molar-refractivity contribution >= 4 is 46.3 Å². The lowest BCUT2D eigenvalue weighted by Crippen LogP contribution is -2.27. The number of carbonyl (C=O) groups excluding carboxylic acids is 2. The van der Waals surface area contributed by atoms with E-state index in [1.54, 1.807) is 0 Å². The number of halogens is 5. The largest absolute Gasteiger partial charge is 0.493 e. The summed E-state index contributed by atoms with van der Waals surface area (Å²) >= 11 is 6.68. The monoisotopic (exact) mass is 582 g/mol. The van der Waals surface area contributed by atoms with E-state index in [1.807, 2.05) is 0 Å². The Hall–Kier alpha value is -4.10. The molecule has 0 N–H and O–H groups in total. The van der Waals surface area contributed by atoms with Crippen LogP contribution in [0.2, 0.25) is 5.02 Å². The predicted octanol–water partition coefficient (Wildman–Crippen LogP) is 7.44. The fourth-order valence-electron chi connectivity index (χ4n) is 3.51. The topological polar surface area (TPSA) is 99.0 Å². The molecular weight excluding hydrogens is 568 g/mol. The summed E-state index contributed by atoms with van der Waals surface area (Å²) in [6.45, 7) is -0.164. The van der Waals surface area contributed by atoms with Crippen LogP contribution in [0.5, 0.6) is 17.2 Å². The SMILES string of the molecule is COc1cc(/C=C2\SC(=O)N(Cc3ccc(F)cc3Cl)C2=O)ccc1Oc1ccc(C(F)(F)F)cc1[N+](=O)[O-]. The third-order valence-corrected chi connectivity index (χ3v) is 6.66. The Morgan fingerprint density at radius 3 is 2.41 bits per heavy atom. The molecule has 14 heteroatoms. The Labute approximate surface area is 226 Å². The number of thioether (sulfide) groups is 1. The fourth-order valence-corrected chi connectivity index (χ4v) is 4.57. The van der Waals surface area contributed by atoms with E-state index in [0.29, 0.717) is 35.0 Å². The maximum Gasteiger partial charge on any atom is 0.416 e. The Bertz CT molecular complexity index is 1530. The Morgan fingerprint density at radius 1 is 1.05 bits per heavy atom. The quantitative estimate of drug-likeness (QED) is 0.123. The molecule has 0 spiro atoms. The first-order valence-electron chi connectivity index (χ1n) is 10.8. The van der Waals surface area contributed by atoms with Gasteiger partial charge < -0.3 is 9.47 Å². The highest BCUT2D eigenvalue weighted by Crippen LogP contribution is 2.41. The fraction of sp³-hybridized carbons (Fsp3) is 0.120. The molecule has 1 fully saturated rings.